The SMILES string of the molecule is CC(C)OC[C@@H]1C[C@@H](OC(C)C)CN1C(=O)CCCCCCCCCCC(=O)C(C)C. The Labute approximate surface area is 191 Å². The molecule has 1 rings (SSSR count). The number of amides is 1. The van der Waals surface area contributed by atoms with E-state index in [0.717, 1.165) is 38.5 Å². The maximum atomic E-state index is 12.8. The molecule has 0 radical (unpaired) electrons. The Kier molecular flexibility index (Phi) is 14.3. The third kappa shape index (κ3) is 12.6. The molecule has 31 heavy (non-hydrogen) atoms. The number of hydrogen-bond acceptors (Lipinski definition) is 4. The highest BCUT2D eigenvalue weighted by molar-refractivity contribution is 5.80. The van der Waals surface area contributed by atoms with Crippen molar-refractivity contribution in [1.29, 1.82) is 0 Å². The number of Topliss-reactive ketones (excluding diaryl/α,β-unsaturated/α-hetero) is 1. The van der Waals surface area contributed by atoms with Crippen molar-refractivity contribution in [3.63, 3.8) is 0 Å². The summed E-state index contributed by atoms with van der Waals surface area (Å²) in [4.78, 5) is 26.4. The predicted octanol–water partition coefficient (Wildman–Crippen LogP) is 5.93. The van der Waals surface area contributed by atoms with Gasteiger partial charge in [0.15, 0.2) is 0 Å². The normalized spacial score (nSPS) is 19.2. The van der Waals surface area contributed by atoms with Crippen molar-refractivity contribution < 1.29 is 19.1 Å². The summed E-state index contributed by atoms with van der Waals surface area (Å²) < 4.78 is 11.8. The Morgan fingerprint density at radius 3 is 1.87 bits per heavy atom. The minimum absolute atomic E-state index is 0.126. The van der Waals surface area contributed by atoms with Crippen LogP contribution < -0.4 is 0 Å². The number of nitrogens with zero attached hydrogens (tertiary/aromatic N) is 1. The summed E-state index contributed by atoms with van der Waals surface area (Å²) in [5.41, 5.74) is 0. The molecule has 1 aliphatic rings. The van der Waals surface area contributed by atoms with Gasteiger partial charge in [-0.2, -0.15) is 0 Å². The summed E-state index contributed by atoms with van der Waals surface area (Å²) in [6.45, 7) is 13.4. The molecule has 0 saturated carbocycles. The number of unbranched alkanes of at least 4 members (excludes halogenated alkanes) is 7. The number of rotatable bonds is 17. The Morgan fingerprint density at radius 2 is 1.35 bits per heavy atom. The highest BCUT2D eigenvalue weighted by Crippen LogP contribution is 2.24. The molecule has 182 valence electrons. The summed E-state index contributed by atoms with van der Waals surface area (Å²) >= 11 is 0. The summed E-state index contributed by atoms with van der Waals surface area (Å²) in [7, 11) is 0. The molecule has 0 bridgehead atoms. The van der Waals surface area contributed by atoms with Crippen LogP contribution in [0.5, 0.6) is 0 Å². The van der Waals surface area contributed by atoms with E-state index in [2.05, 4.69) is 13.8 Å². The van der Waals surface area contributed by atoms with E-state index in [1.165, 1.54) is 25.7 Å². The van der Waals surface area contributed by atoms with Crippen LogP contribution in [0.25, 0.3) is 0 Å². The van der Waals surface area contributed by atoms with E-state index in [1.807, 2.05) is 32.6 Å². The first-order chi connectivity index (χ1) is 14.7. The molecular formula is C26H49NO4. The fourth-order valence-corrected chi connectivity index (χ4v) is 4.19. The smallest absolute Gasteiger partial charge is 0.222 e. The van der Waals surface area contributed by atoms with E-state index in [9.17, 15) is 9.59 Å². The van der Waals surface area contributed by atoms with Crippen molar-refractivity contribution in [3.8, 4) is 0 Å². The number of carbonyl (C=O) groups is 2. The molecule has 0 aliphatic carbocycles. The van der Waals surface area contributed by atoms with E-state index >= 15 is 0 Å². The van der Waals surface area contributed by atoms with Gasteiger partial charge in [0.25, 0.3) is 0 Å². The average molecular weight is 440 g/mol. The van der Waals surface area contributed by atoms with E-state index in [4.69, 9.17) is 9.47 Å². The van der Waals surface area contributed by atoms with Gasteiger partial charge in [0.2, 0.25) is 5.91 Å². The van der Waals surface area contributed by atoms with Crippen LogP contribution in [-0.4, -0.2) is 54.1 Å². The monoisotopic (exact) mass is 439 g/mol. The molecule has 2 atom stereocenters. The minimum Gasteiger partial charge on any atom is -0.377 e. The lowest BCUT2D eigenvalue weighted by molar-refractivity contribution is -0.134. The fraction of sp³-hybridized carbons (Fsp3) is 0.923. The molecule has 1 aliphatic heterocycles. The lowest BCUT2D eigenvalue weighted by atomic mass is 10.0. The molecule has 5 heteroatoms. The van der Waals surface area contributed by atoms with Crippen molar-refractivity contribution in [2.75, 3.05) is 13.2 Å². The topological polar surface area (TPSA) is 55.8 Å². The van der Waals surface area contributed by atoms with E-state index in [0.29, 0.717) is 25.4 Å². The van der Waals surface area contributed by atoms with Gasteiger partial charge in [0, 0.05) is 25.3 Å². The van der Waals surface area contributed by atoms with Crippen LogP contribution in [0.1, 0.15) is 112 Å². The Morgan fingerprint density at radius 1 is 0.806 bits per heavy atom. The molecule has 5 nitrogen and oxygen atoms in total. The van der Waals surface area contributed by atoms with Gasteiger partial charge in [0.05, 0.1) is 31.0 Å². The molecule has 0 spiro atoms. The summed E-state index contributed by atoms with van der Waals surface area (Å²) in [6.07, 6.45) is 11.9. The molecular weight excluding hydrogens is 390 g/mol. The average Bonchev–Trinajstić information content (AvgIpc) is 3.09. The number of ketones is 1. The highest BCUT2D eigenvalue weighted by Gasteiger charge is 2.36. The Bertz CT molecular complexity index is 504. The lowest BCUT2D eigenvalue weighted by Gasteiger charge is -2.25. The molecule has 0 aromatic carbocycles. The maximum absolute atomic E-state index is 12.8. The molecule has 0 aromatic heterocycles. The van der Waals surface area contributed by atoms with Gasteiger partial charge in [-0.15, -0.1) is 0 Å². The zero-order valence-corrected chi connectivity index (χ0v) is 21.2. The summed E-state index contributed by atoms with van der Waals surface area (Å²) in [5, 5.41) is 0. The van der Waals surface area contributed by atoms with Gasteiger partial charge in [-0.1, -0.05) is 52.4 Å². The quantitative estimate of drug-likeness (QED) is 0.264. The highest BCUT2D eigenvalue weighted by atomic mass is 16.5. The van der Waals surface area contributed by atoms with Crippen molar-refractivity contribution in [2.24, 2.45) is 5.92 Å². The van der Waals surface area contributed by atoms with Crippen molar-refractivity contribution in [1.82, 2.24) is 4.90 Å². The largest absolute Gasteiger partial charge is 0.377 e. The molecule has 1 heterocycles. The third-order valence-electron chi connectivity index (χ3n) is 5.99. The first-order valence-electron chi connectivity index (χ1n) is 12.8. The van der Waals surface area contributed by atoms with Crippen LogP contribution in [0.15, 0.2) is 0 Å². The zero-order valence-electron chi connectivity index (χ0n) is 21.2. The Hall–Kier alpha value is -0.940. The van der Waals surface area contributed by atoms with Crippen LogP contribution in [-0.2, 0) is 19.1 Å². The van der Waals surface area contributed by atoms with E-state index in [1.54, 1.807) is 0 Å². The van der Waals surface area contributed by atoms with Crippen molar-refractivity contribution in [2.45, 2.75) is 137 Å². The molecule has 1 amide bonds. The minimum atomic E-state index is 0.126. The fourth-order valence-electron chi connectivity index (χ4n) is 4.19. The van der Waals surface area contributed by atoms with Crippen LogP contribution in [0.2, 0.25) is 0 Å². The third-order valence-corrected chi connectivity index (χ3v) is 5.99. The number of likely N-dealkylation sites (tertiary alicyclic amines) is 1. The Balaban J connectivity index is 2.18. The van der Waals surface area contributed by atoms with E-state index in [-0.39, 0.29) is 36.2 Å². The van der Waals surface area contributed by atoms with Gasteiger partial charge >= 0.3 is 0 Å². The lowest BCUT2D eigenvalue weighted by Crippen LogP contribution is -2.39. The number of hydrogen-bond donors (Lipinski definition) is 0. The molecule has 1 saturated heterocycles. The second-order valence-corrected chi connectivity index (χ2v) is 10.1. The first kappa shape index (κ1) is 28.1. The molecule has 0 N–H and O–H groups in total. The molecule has 0 unspecified atom stereocenters. The van der Waals surface area contributed by atoms with Crippen molar-refractivity contribution >= 4 is 11.7 Å². The summed E-state index contributed by atoms with van der Waals surface area (Å²) in [6, 6.07) is 0.140. The second-order valence-electron chi connectivity index (χ2n) is 10.1. The zero-order chi connectivity index (χ0) is 23.2. The molecule has 1 fully saturated rings. The van der Waals surface area contributed by atoms with Crippen LogP contribution in [0, 0.1) is 5.92 Å². The number of ether oxygens (including phenoxy) is 2. The van der Waals surface area contributed by atoms with E-state index < -0.39 is 0 Å². The first-order valence-corrected chi connectivity index (χ1v) is 12.8. The van der Waals surface area contributed by atoms with Crippen molar-refractivity contribution in [3.05, 3.63) is 0 Å². The maximum Gasteiger partial charge on any atom is 0.222 e. The van der Waals surface area contributed by atoms with Gasteiger partial charge in [0.1, 0.15) is 5.78 Å². The van der Waals surface area contributed by atoms with Gasteiger partial charge in [-0.25, -0.2) is 0 Å². The van der Waals surface area contributed by atoms with Gasteiger partial charge < -0.3 is 14.4 Å². The van der Waals surface area contributed by atoms with Crippen LogP contribution in [0.4, 0.5) is 0 Å². The van der Waals surface area contributed by atoms with Gasteiger partial charge in [-0.05, 0) is 47.0 Å². The molecule has 0 aromatic rings. The standard InChI is InChI=1S/C26H49NO4/c1-20(2)25(28)15-13-11-9-7-8-10-12-14-16-26(29)27-18-24(31-22(5)6)17-23(27)19-30-21(3)4/h20-24H,7-19H2,1-6H3/t23-,24+/m0/s1. The van der Waals surface area contributed by atoms with Crippen LogP contribution >= 0.6 is 0 Å². The van der Waals surface area contributed by atoms with Crippen LogP contribution in [0.3, 0.4) is 0 Å². The second kappa shape index (κ2) is 15.8. The predicted molar refractivity (Wildman–Crippen MR) is 127 cm³/mol. The summed E-state index contributed by atoms with van der Waals surface area (Å²) in [5.74, 6) is 0.819. The number of carbonyl (C=O) groups excluding carboxylic acids is 2. The van der Waals surface area contributed by atoms with Gasteiger partial charge in [-0.3, -0.25) is 9.59 Å².